The molecule has 2 rings (SSSR count). The van der Waals surface area contributed by atoms with Gasteiger partial charge in [0.25, 0.3) is 0 Å². The Kier molecular flexibility index (Phi) is 4.36. The van der Waals surface area contributed by atoms with Crippen LogP contribution in [0.2, 0.25) is 0 Å². The van der Waals surface area contributed by atoms with Crippen LogP contribution in [0.15, 0.2) is 24.3 Å². The molecule has 3 N–H and O–H groups in total. The number of benzene rings is 1. The highest BCUT2D eigenvalue weighted by molar-refractivity contribution is 5.81. The first-order valence-corrected chi connectivity index (χ1v) is 6.33. The SMILES string of the molecule is CCOC(OCC)c1cc2ccc(CN)cc2[nH]1. The van der Waals surface area contributed by atoms with Gasteiger partial charge in [-0.2, -0.15) is 0 Å². The number of hydrogen-bond donors (Lipinski definition) is 2. The number of aromatic nitrogens is 1. The highest BCUT2D eigenvalue weighted by atomic mass is 16.7. The van der Waals surface area contributed by atoms with E-state index >= 15 is 0 Å². The van der Waals surface area contributed by atoms with Crippen LogP contribution in [0.4, 0.5) is 0 Å². The highest BCUT2D eigenvalue weighted by Crippen LogP contribution is 2.24. The molecule has 0 saturated heterocycles. The zero-order valence-electron chi connectivity index (χ0n) is 10.9. The minimum Gasteiger partial charge on any atom is -0.354 e. The molecule has 18 heavy (non-hydrogen) atoms. The smallest absolute Gasteiger partial charge is 0.198 e. The van der Waals surface area contributed by atoms with Crippen molar-refractivity contribution in [2.24, 2.45) is 5.73 Å². The van der Waals surface area contributed by atoms with E-state index in [-0.39, 0.29) is 6.29 Å². The first-order chi connectivity index (χ1) is 8.78. The van der Waals surface area contributed by atoms with E-state index in [0.29, 0.717) is 19.8 Å². The van der Waals surface area contributed by atoms with Gasteiger partial charge in [-0.1, -0.05) is 12.1 Å². The van der Waals surface area contributed by atoms with Gasteiger partial charge in [0.05, 0.1) is 5.69 Å². The van der Waals surface area contributed by atoms with Crippen LogP contribution in [0, 0.1) is 0 Å². The van der Waals surface area contributed by atoms with Crippen LogP contribution in [-0.4, -0.2) is 18.2 Å². The Morgan fingerprint density at radius 3 is 2.50 bits per heavy atom. The zero-order chi connectivity index (χ0) is 13.0. The Hall–Kier alpha value is -1.36. The number of H-pyrrole nitrogens is 1. The van der Waals surface area contributed by atoms with Crippen LogP contribution in [-0.2, 0) is 16.0 Å². The van der Waals surface area contributed by atoms with Gasteiger partial charge in [0.1, 0.15) is 0 Å². The lowest BCUT2D eigenvalue weighted by atomic mass is 10.1. The summed E-state index contributed by atoms with van der Waals surface area (Å²) in [6, 6.07) is 8.22. The number of aromatic amines is 1. The third-order valence-corrected chi connectivity index (χ3v) is 2.83. The maximum absolute atomic E-state index is 5.64. The third-order valence-electron chi connectivity index (χ3n) is 2.83. The second-order valence-corrected chi connectivity index (χ2v) is 4.09. The minimum absolute atomic E-state index is 0.325. The molecule has 0 radical (unpaired) electrons. The summed E-state index contributed by atoms with van der Waals surface area (Å²) in [5.41, 5.74) is 8.77. The monoisotopic (exact) mass is 248 g/mol. The number of hydrogen-bond acceptors (Lipinski definition) is 3. The summed E-state index contributed by atoms with van der Waals surface area (Å²) >= 11 is 0. The summed E-state index contributed by atoms with van der Waals surface area (Å²) in [6.45, 7) is 5.70. The number of nitrogens with two attached hydrogens (primary N) is 1. The Balaban J connectivity index is 2.32. The van der Waals surface area contributed by atoms with Crippen LogP contribution in [0.25, 0.3) is 10.9 Å². The normalized spacial score (nSPS) is 11.6. The molecule has 0 saturated carbocycles. The Morgan fingerprint density at radius 2 is 1.89 bits per heavy atom. The highest BCUT2D eigenvalue weighted by Gasteiger charge is 2.14. The van der Waals surface area contributed by atoms with Gasteiger partial charge in [0.2, 0.25) is 0 Å². The first-order valence-electron chi connectivity index (χ1n) is 6.33. The molecule has 0 aliphatic carbocycles. The molecule has 0 atom stereocenters. The van der Waals surface area contributed by atoms with Crippen LogP contribution in [0.1, 0.15) is 31.4 Å². The van der Waals surface area contributed by atoms with Gasteiger partial charge < -0.3 is 20.2 Å². The average molecular weight is 248 g/mol. The topological polar surface area (TPSA) is 60.3 Å². The molecule has 0 aliphatic heterocycles. The van der Waals surface area contributed by atoms with Crippen molar-refractivity contribution in [2.45, 2.75) is 26.7 Å². The summed E-state index contributed by atoms with van der Waals surface area (Å²) in [7, 11) is 0. The lowest BCUT2D eigenvalue weighted by Gasteiger charge is -2.15. The molecule has 0 fully saturated rings. The van der Waals surface area contributed by atoms with Crippen LogP contribution in [0.5, 0.6) is 0 Å². The van der Waals surface area contributed by atoms with Crippen molar-refractivity contribution in [2.75, 3.05) is 13.2 Å². The lowest BCUT2D eigenvalue weighted by molar-refractivity contribution is -0.142. The fourth-order valence-electron chi connectivity index (χ4n) is 1.98. The second-order valence-electron chi connectivity index (χ2n) is 4.09. The Bertz CT molecular complexity index is 501. The van der Waals surface area contributed by atoms with Crippen LogP contribution < -0.4 is 5.73 Å². The lowest BCUT2D eigenvalue weighted by Crippen LogP contribution is -2.08. The Morgan fingerprint density at radius 1 is 1.17 bits per heavy atom. The molecule has 4 nitrogen and oxygen atoms in total. The van der Waals surface area contributed by atoms with Crippen molar-refractivity contribution in [1.29, 1.82) is 0 Å². The van der Waals surface area contributed by atoms with Crippen LogP contribution >= 0.6 is 0 Å². The van der Waals surface area contributed by atoms with Gasteiger partial charge in [-0.25, -0.2) is 0 Å². The summed E-state index contributed by atoms with van der Waals surface area (Å²) in [6.07, 6.45) is -0.325. The van der Waals surface area contributed by atoms with Gasteiger partial charge in [-0.05, 0) is 36.9 Å². The number of rotatable bonds is 6. The van der Waals surface area contributed by atoms with E-state index in [2.05, 4.69) is 23.2 Å². The van der Waals surface area contributed by atoms with Crippen molar-refractivity contribution < 1.29 is 9.47 Å². The van der Waals surface area contributed by atoms with Gasteiger partial charge in [-0.3, -0.25) is 0 Å². The maximum atomic E-state index is 5.64. The minimum atomic E-state index is -0.325. The summed E-state index contributed by atoms with van der Waals surface area (Å²) in [4.78, 5) is 3.33. The first kappa shape index (κ1) is 13.1. The third kappa shape index (κ3) is 2.72. The van der Waals surface area contributed by atoms with Crippen LogP contribution in [0.3, 0.4) is 0 Å². The fourth-order valence-corrected chi connectivity index (χ4v) is 1.98. The van der Waals surface area contributed by atoms with E-state index in [1.807, 2.05) is 19.9 Å². The van der Waals surface area contributed by atoms with Gasteiger partial charge in [0.15, 0.2) is 6.29 Å². The molecule has 0 amide bonds. The predicted molar refractivity (Wildman–Crippen MR) is 72.2 cm³/mol. The largest absolute Gasteiger partial charge is 0.354 e. The van der Waals surface area contributed by atoms with E-state index in [1.165, 1.54) is 0 Å². The Labute approximate surface area is 107 Å². The van der Waals surface area contributed by atoms with Gasteiger partial charge >= 0.3 is 0 Å². The van der Waals surface area contributed by atoms with Gasteiger partial charge in [0, 0.05) is 25.3 Å². The molecule has 1 heterocycles. The molecule has 0 bridgehead atoms. The molecule has 1 aromatic heterocycles. The molecular formula is C14H20N2O2. The number of fused-ring (bicyclic) bond motifs is 1. The molecule has 4 heteroatoms. The van der Waals surface area contributed by atoms with E-state index in [4.69, 9.17) is 15.2 Å². The molecule has 98 valence electrons. The maximum Gasteiger partial charge on any atom is 0.198 e. The standard InChI is InChI=1S/C14H20N2O2/c1-3-17-14(18-4-2)13-8-11-6-5-10(9-15)7-12(11)16-13/h5-8,14,16H,3-4,9,15H2,1-2H3. The second kappa shape index (κ2) is 6.00. The quantitative estimate of drug-likeness (QED) is 0.773. The molecule has 0 spiro atoms. The van der Waals surface area contributed by atoms with Gasteiger partial charge in [-0.15, -0.1) is 0 Å². The molecular weight excluding hydrogens is 228 g/mol. The van der Waals surface area contributed by atoms with E-state index in [1.54, 1.807) is 0 Å². The summed E-state index contributed by atoms with van der Waals surface area (Å²) in [5.74, 6) is 0. The van der Waals surface area contributed by atoms with Crippen molar-refractivity contribution in [3.8, 4) is 0 Å². The van der Waals surface area contributed by atoms with Crippen molar-refractivity contribution in [1.82, 2.24) is 4.98 Å². The molecule has 0 aliphatic rings. The van der Waals surface area contributed by atoms with Crippen molar-refractivity contribution in [3.05, 3.63) is 35.5 Å². The molecule has 2 aromatic rings. The molecule has 1 aromatic carbocycles. The number of nitrogens with one attached hydrogen (secondary N) is 1. The van der Waals surface area contributed by atoms with E-state index in [0.717, 1.165) is 22.2 Å². The zero-order valence-corrected chi connectivity index (χ0v) is 10.9. The van der Waals surface area contributed by atoms with Crippen molar-refractivity contribution >= 4 is 10.9 Å². The average Bonchev–Trinajstić information content (AvgIpc) is 2.81. The van der Waals surface area contributed by atoms with Crippen molar-refractivity contribution in [3.63, 3.8) is 0 Å². The number of ether oxygens (including phenoxy) is 2. The van der Waals surface area contributed by atoms with E-state index in [9.17, 15) is 0 Å². The summed E-state index contributed by atoms with van der Waals surface area (Å²) < 4.78 is 11.2. The fraction of sp³-hybridized carbons (Fsp3) is 0.429. The summed E-state index contributed by atoms with van der Waals surface area (Å²) in [5, 5.41) is 1.15. The van der Waals surface area contributed by atoms with E-state index < -0.39 is 0 Å². The molecule has 0 unspecified atom stereocenters. The predicted octanol–water partition coefficient (Wildman–Crippen LogP) is 2.70.